The SMILES string of the molecule is CC(C)N(CCOc1ncc(Cl)cc1F)C(C)C. The highest BCUT2D eigenvalue weighted by Crippen LogP contribution is 2.17. The van der Waals surface area contributed by atoms with Crippen LogP contribution in [0.5, 0.6) is 5.88 Å². The van der Waals surface area contributed by atoms with Gasteiger partial charge in [0, 0.05) is 24.8 Å². The predicted molar refractivity (Wildman–Crippen MR) is 71.7 cm³/mol. The van der Waals surface area contributed by atoms with Crippen molar-refractivity contribution in [2.24, 2.45) is 0 Å². The molecule has 1 rings (SSSR count). The second-order valence-corrected chi connectivity index (χ2v) is 5.15. The van der Waals surface area contributed by atoms with Crippen LogP contribution in [0.15, 0.2) is 12.3 Å². The third-order valence-corrected chi connectivity index (χ3v) is 2.90. The average Bonchev–Trinajstić information content (AvgIpc) is 2.25. The maximum absolute atomic E-state index is 13.4. The molecule has 3 nitrogen and oxygen atoms in total. The number of pyridine rings is 1. The van der Waals surface area contributed by atoms with Crippen LogP contribution in [0.25, 0.3) is 0 Å². The molecule has 0 radical (unpaired) electrons. The average molecular weight is 275 g/mol. The summed E-state index contributed by atoms with van der Waals surface area (Å²) in [5.41, 5.74) is 0. The minimum absolute atomic E-state index is 0.00635. The lowest BCUT2D eigenvalue weighted by molar-refractivity contribution is 0.138. The Bertz CT molecular complexity index is 377. The summed E-state index contributed by atoms with van der Waals surface area (Å²) in [6.45, 7) is 9.64. The van der Waals surface area contributed by atoms with Gasteiger partial charge >= 0.3 is 0 Å². The summed E-state index contributed by atoms with van der Waals surface area (Å²) in [6, 6.07) is 2.06. The van der Waals surface area contributed by atoms with Crippen molar-refractivity contribution >= 4 is 11.6 Å². The van der Waals surface area contributed by atoms with Crippen LogP contribution < -0.4 is 4.74 Å². The molecule has 0 aliphatic heterocycles. The lowest BCUT2D eigenvalue weighted by Crippen LogP contribution is -2.39. The van der Waals surface area contributed by atoms with Crippen LogP contribution in [0.4, 0.5) is 4.39 Å². The molecule has 0 aliphatic carbocycles. The van der Waals surface area contributed by atoms with Gasteiger partial charge in [0.05, 0.1) is 5.02 Å². The van der Waals surface area contributed by atoms with Crippen molar-refractivity contribution in [3.8, 4) is 5.88 Å². The first-order valence-corrected chi connectivity index (χ1v) is 6.49. The van der Waals surface area contributed by atoms with Gasteiger partial charge in [-0.1, -0.05) is 11.6 Å². The van der Waals surface area contributed by atoms with E-state index in [1.807, 2.05) is 0 Å². The van der Waals surface area contributed by atoms with Gasteiger partial charge in [-0.3, -0.25) is 4.90 Å². The Hall–Kier alpha value is -0.870. The number of ether oxygens (including phenoxy) is 1. The summed E-state index contributed by atoms with van der Waals surface area (Å²) in [4.78, 5) is 6.09. The number of nitrogens with zero attached hydrogens (tertiary/aromatic N) is 2. The quantitative estimate of drug-likeness (QED) is 0.795. The van der Waals surface area contributed by atoms with Crippen molar-refractivity contribution in [3.63, 3.8) is 0 Å². The molecule has 0 bridgehead atoms. The molecule has 0 aromatic carbocycles. The third kappa shape index (κ3) is 4.42. The molecule has 0 N–H and O–H groups in total. The van der Waals surface area contributed by atoms with Crippen molar-refractivity contribution in [1.29, 1.82) is 0 Å². The van der Waals surface area contributed by atoms with Gasteiger partial charge in [-0.25, -0.2) is 9.37 Å². The van der Waals surface area contributed by atoms with E-state index in [9.17, 15) is 4.39 Å². The van der Waals surface area contributed by atoms with E-state index >= 15 is 0 Å². The molecule has 0 saturated carbocycles. The molecular formula is C13H20ClFN2O. The molecule has 0 aliphatic rings. The highest BCUT2D eigenvalue weighted by molar-refractivity contribution is 6.30. The van der Waals surface area contributed by atoms with Crippen LogP contribution in [0.2, 0.25) is 5.02 Å². The molecule has 0 amide bonds. The Morgan fingerprint density at radius 2 is 1.94 bits per heavy atom. The summed E-state index contributed by atoms with van der Waals surface area (Å²) in [5.74, 6) is -0.519. The standard InChI is InChI=1S/C13H20ClFN2O/c1-9(2)17(10(3)4)5-6-18-13-12(15)7-11(14)8-16-13/h7-10H,5-6H2,1-4H3. The molecule has 1 aromatic rings. The summed E-state index contributed by atoms with van der Waals surface area (Å²) in [6.07, 6.45) is 1.38. The number of hydrogen-bond acceptors (Lipinski definition) is 3. The smallest absolute Gasteiger partial charge is 0.250 e. The fraction of sp³-hybridized carbons (Fsp3) is 0.615. The van der Waals surface area contributed by atoms with Gasteiger partial charge < -0.3 is 4.74 Å². The van der Waals surface area contributed by atoms with Gasteiger partial charge in [-0.15, -0.1) is 0 Å². The monoisotopic (exact) mass is 274 g/mol. The normalized spacial score (nSPS) is 11.6. The van der Waals surface area contributed by atoms with Crippen LogP contribution in [-0.4, -0.2) is 35.1 Å². The number of aromatic nitrogens is 1. The van der Waals surface area contributed by atoms with Gasteiger partial charge in [-0.2, -0.15) is 0 Å². The van der Waals surface area contributed by atoms with E-state index in [1.165, 1.54) is 12.3 Å². The minimum Gasteiger partial charge on any atom is -0.474 e. The first-order chi connectivity index (χ1) is 8.41. The molecule has 5 heteroatoms. The number of halogens is 2. The third-order valence-electron chi connectivity index (χ3n) is 2.69. The second kappa shape index (κ2) is 6.90. The predicted octanol–water partition coefficient (Wildman–Crippen LogP) is 3.37. The maximum Gasteiger partial charge on any atom is 0.250 e. The van der Waals surface area contributed by atoms with Crippen molar-refractivity contribution in [1.82, 2.24) is 9.88 Å². The Morgan fingerprint density at radius 1 is 1.33 bits per heavy atom. The van der Waals surface area contributed by atoms with Crippen LogP contribution in [0.1, 0.15) is 27.7 Å². The van der Waals surface area contributed by atoms with Crippen LogP contribution in [0.3, 0.4) is 0 Å². The van der Waals surface area contributed by atoms with E-state index in [2.05, 4.69) is 37.6 Å². The van der Waals surface area contributed by atoms with Crippen molar-refractivity contribution in [2.45, 2.75) is 39.8 Å². The second-order valence-electron chi connectivity index (χ2n) is 4.71. The topological polar surface area (TPSA) is 25.4 Å². The van der Waals surface area contributed by atoms with Gasteiger partial charge in [-0.05, 0) is 33.8 Å². The number of hydrogen-bond donors (Lipinski definition) is 0. The van der Waals surface area contributed by atoms with Gasteiger partial charge in [0.25, 0.3) is 5.88 Å². The number of rotatable bonds is 6. The van der Waals surface area contributed by atoms with Gasteiger partial charge in [0.15, 0.2) is 5.82 Å². The molecular weight excluding hydrogens is 255 g/mol. The summed E-state index contributed by atoms with van der Waals surface area (Å²) in [7, 11) is 0. The van der Waals surface area contributed by atoms with E-state index in [4.69, 9.17) is 16.3 Å². The Labute approximate surface area is 113 Å². The Morgan fingerprint density at radius 3 is 2.44 bits per heavy atom. The van der Waals surface area contributed by atoms with Gasteiger partial charge in [0.1, 0.15) is 6.61 Å². The minimum atomic E-state index is -0.525. The molecule has 102 valence electrons. The molecule has 18 heavy (non-hydrogen) atoms. The zero-order valence-electron chi connectivity index (χ0n) is 11.3. The Balaban J connectivity index is 2.50. The van der Waals surface area contributed by atoms with Crippen molar-refractivity contribution in [3.05, 3.63) is 23.1 Å². The molecule has 0 atom stereocenters. The van der Waals surface area contributed by atoms with Crippen LogP contribution in [0, 0.1) is 5.82 Å². The first kappa shape index (κ1) is 15.2. The van der Waals surface area contributed by atoms with E-state index in [1.54, 1.807) is 0 Å². The van der Waals surface area contributed by atoms with Crippen LogP contribution in [-0.2, 0) is 0 Å². The van der Waals surface area contributed by atoms with E-state index in [-0.39, 0.29) is 10.9 Å². The van der Waals surface area contributed by atoms with E-state index < -0.39 is 5.82 Å². The molecule has 1 aromatic heterocycles. The molecule has 0 saturated heterocycles. The van der Waals surface area contributed by atoms with Crippen molar-refractivity contribution in [2.75, 3.05) is 13.2 Å². The largest absolute Gasteiger partial charge is 0.474 e. The fourth-order valence-electron chi connectivity index (χ4n) is 1.87. The molecule has 0 unspecified atom stereocenters. The summed E-state index contributed by atoms with van der Waals surface area (Å²) < 4.78 is 18.7. The highest BCUT2D eigenvalue weighted by atomic mass is 35.5. The molecule has 0 fully saturated rings. The lowest BCUT2D eigenvalue weighted by Gasteiger charge is -2.30. The van der Waals surface area contributed by atoms with Crippen molar-refractivity contribution < 1.29 is 9.13 Å². The Kier molecular flexibility index (Phi) is 5.82. The summed E-state index contributed by atoms with van der Waals surface area (Å²) >= 11 is 5.62. The zero-order chi connectivity index (χ0) is 13.7. The maximum atomic E-state index is 13.4. The highest BCUT2D eigenvalue weighted by Gasteiger charge is 2.13. The molecule has 0 spiro atoms. The van der Waals surface area contributed by atoms with E-state index in [0.29, 0.717) is 18.7 Å². The van der Waals surface area contributed by atoms with E-state index in [0.717, 1.165) is 6.54 Å². The van der Waals surface area contributed by atoms with Crippen LogP contribution >= 0.6 is 11.6 Å². The van der Waals surface area contributed by atoms with Gasteiger partial charge in [0.2, 0.25) is 0 Å². The summed E-state index contributed by atoms with van der Waals surface area (Å²) in [5, 5.41) is 0.269. The lowest BCUT2D eigenvalue weighted by atomic mass is 10.2. The fourth-order valence-corrected chi connectivity index (χ4v) is 2.01. The first-order valence-electron chi connectivity index (χ1n) is 6.11. The zero-order valence-corrected chi connectivity index (χ0v) is 12.0. The molecule has 1 heterocycles.